The second kappa shape index (κ2) is 6.86. The van der Waals surface area contributed by atoms with Crippen LogP contribution in [0.1, 0.15) is 31.7 Å². The van der Waals surface area contributed by atoms with Crippen molar-refractivity contribution in [2.24, 2.45) is 0 Å². The minimum Gasteiger partial charge on any atom is -0.480 e. The Hall–Kier alpha value is -2.63. The average Bonchev–Trinajstić information content (AvgIpc) is 3.01. The Morgan fingerprint density at radius 1 is 1.25 bits per heavy atom. The maximum Gasteiger partial charge on any atom is 0.329 e. The monoisotopic (exact) mass is 330 g/mol. The van der Waals surface area contributed by atoms with E-state index in [1.807, 2.05) is 31.2 Å². The Kier molecular flexibility index (Phi) is 5.07. The summed E-state index contributed by atoms with van der Waals surface area (Å²) in [5.74, 6) is -0.203. The molecule has 0 saturated carbocycles. The van der Waals surface area contributed by atoms with E-state index in [0.29, 0.717) is 18.1 Å². The van der Waals surface area contributed by atoms with Gasteiger partial charge in [-0.05, 0) is 20.8 Å². The molecule has 0 spiro atoms. The smallest absolute Gasteiger partial charge is 0.329 e. The molecule has 128 valence electrons. The first-order valence-corrected chi connectivity index (χ1v) is 7.73. The molecule has 24 heavy (non-hydrogen) atoms. The normalized spacial score (nSPS) is 11.3. The van der Waals surface area contributed by atoms with Crippen LogP contribution in [0, 0.1) is 6.92 Å². The van der Waals surface area contributed by atoms with E-state index in [9.17, 15) is 9.59 Å². The molecule has 1 N–H and O–H groups in total. The Morgan fingerprint density at radius 3 is 2.46 bits per heavy atom. The van der Waals surface area contributed by atoms with Crippen molar-refractivity contribution in [1.29, 1.82) is 0 Å². The molecule has 0 saturated heterocycles. The number of benzene rings is 1. The molecule has 6 heteroatoms. The zero-order chi connectivity index (χ0) is 17.9. The maximum absolute atomic E-state index is 12.2. The summed E-state index contributed by atoms with van der Waals surface area (Å²) in [5, 5.41) is 9.17. The van der Waals surface area contributed by atoms with Gasteiger partial charge >= 0.3 is 5.97 Å². The summed E-state index contributed by atoms with van der Waals surface area (Å²) < 4.78 is 5.67. The van der Waals surface area contributed by atoms with E-state index in [2.05, 4.69) is 4.98 Å². The van der Waals surface area contributed by atoms with Crippen molar-refractivity contribution in [3.8, 4) is 11.3 Å². The lowest BCUT2D eigenvalue weighted by Crippen LogP contribution is -2.50. The van der Waals surface area contributed by atoms with Crippen molar-refractivity contribution >= 4 is 11.9 Å². The lowest BCUT2D eigenvalue weighted by Gasteiger charge is -2.31. The molecule has 2 rings (SSSR count). The van der Waals surface area contributed by atoms with Gasteiger partial charge in [-0.3, -0.25) is 4.79 Å². The van der Waals surface area contributed by atoms with E-state index < -0.39 is 11.5 Å². The molecule has 2 aromatic rings. The van der Waals surface area contributed by atoms with Gasteiger partial charge in [0.1, 0.15) is 5.54 Å². The number of oxazole rings is 1. The van der Waals surface area contributed by atoms with E-state index in [1.165, 1.54) is 25.8 Å². The zero-order valence-electron chi connectivity index (χ0n) is 14.4. The molecular formula is C18H22N2O4. The fourth-order valence-corrected chi connectivity index (χ4v) is 2.11. The molecule has 0 aliphatic carbocycles. The summed E-state index contributed by atoms with van der Waals surface area (Å²) in [4.78, 5) is 28.8. The van der Waals surface area contributed by atoms with Crippen molar-refractivity contribution in [3.05, 3.63) is 41.9 Å². The molecule has 0 atom stereocenters. The van der Waals surface area contributed by atoms with Gasteiger partial charge in [0, 0.05) is 25.5 Å². The lowest BCUT2D eigenvalue weighted by molar-refractivity contribution is -0.155. The number of carbonyl (C=O) groups is 2. The molecule has 1 aromatic heterocycles. The molecule has 6 nitrogen and oxygen atoms in total. The molecule has 1 aromatic carbocycles. The SMILES string of the molecule is Cc1ccc(-c2cnc(CCC(=O)N(C)C(C)(C)C(=O)O)o2)cc1. The van der Waals surface area contributed by atoms with Crippen LogP contribution >= 0.6 is 0 Å². The van der Waals surface area contributed by atoms with Crippen LogP contribution in [0.25, 0.3) is 11.3 Å². The number of aliphatic carboxylic acids is 1. The van der Waals surface area contributed by atoms with Gasteiger partial charge in [0.25, 0.3) is 0 Å². The minimum absolute atomic E-state index is 0.140. The minimum atomic E-state index is -1.25. The highest BCUT2D eigenvalue weighted by molar-refractivity contribution is 5.86. The molecule has 0 unspecified atom stereocenters. The Labute approximate surface area is 141 Å². The largest absolute Gasteiger partial charge is 0.480 e. The molecule has 0 aliphatic rings. The summed E-state index contributed by atoms with van der Waals surface area (Å²) in [6.45, 7) is 5.00. The Balaban J connectivity index is 1.99. The van der Waals surface area contributed by atoms with Crippen LogP contribution in [0.4, 0.5) is 0 Å². The first-order chi connectivity index (χ1) is 11.2. The van der Waals surface area contributed by atoms with Gasteiger partial charge < -0.3 is 14.4 Å². The standard InChI is InChI=1S/C18H22N2O4/c1-12-5-7-13(8-6-12)14-11-19-15(24-14)9-10-16(21)20(4)18(2,3)17(22)23/h5-8,11H,9-10H2,1-4H3,(H,22,23). The zero-order valence-corrected chi connectivity index (χ0v) is 14.4. The number of rotatable bonds is 6. The quantitative estimate of drug-likeness (QED) is 0.880. The third-order valence-electron chi connectivity index (χ3n) is 4.18. The van der Waals surface area contributed by atoms with Crippen LogP contribution in [-0.4, -0.2) is 39.5 Å². The fourth-order valence-electron chi connectivity index (χ4n) is 2.11. The lowest BCUT2D eigenvalue weighted by atomic mass is 10.0. The first-order valence-electron chi connectivity index (χ1n) is 7.73. The topological polar surface area (TPSA) is 83.6 Å². The predicted molar refractivity (Wildman–Crippen MR) is 89.5 cm³/mol. The molecule has 1 heterocycles. The number of carbonyl (C=O) groups excluding carboxylic acids is 1. The van der Waals surface area contributed by atoms with Crippen LogP contribution < -0.4 is 0 Å². The van der Waals surface area contributed by atoms with Crippen molar-refractivity contribution in [2.45, 2.75) is 39.2 Å². The van der Waals surface area contributed by atoms with E-state index in [4.69, 9.17) is 9.52 Å². The van der Waals surface area contributed by atoms with Gasteiger partial charge in [0.15, 0.2) is 11.7 Å². The number of nitrogens with zero attached hydrogens (tertiary/aromatic N) is 2. The van der Waals surface area contributed by atoms with Crippen LogP contribution in [0.15, 0.2) is 34.9 Å². The third-order valence-corrected chi connectivity index (χ3v) is 4.18. The van der Waals surface area contributed by atoms with Crippen LogP contribution in [-0.2, 0) is 16.0 Å². The molecule has 0 radical (unpaired) electrons. The van der Waals surface area contributed by atoms with Crippen LogP contribution in [0.2, 0.25) is 0 Å². The number of amides is 1. The highest BCUT2D eigenvalue weighted by atomic mass is 16.4. The van der Waals surface area contributed by atoms with Crippen molar-refractivity contribution < 1.29 is 19.1 Å². The molecule has 0 bridgehead atoms. The van der Waals surface area contributed by atoms with Gasteiger partial charge in [-0.2, -0.15) is 0 Å². The predicted octanol–water partition coefficient (Wildman–Crippen LogP) is 2.90. The van der Waals surface area contributed by atoms with E-state index >= 15 is 0 Å². The highest BCUT2D eigenvalue weighted by Crippen LogP contribution is 2.22. The van der Waals surface area contributed by atoms with Gasteiger partial charge in [-0.15, -0.1) is 0 Å². The summed E-state index contributed by atoms with van der Waals surface area (Å²) in [6, 6.07) is 7.88. The van der Waals surface area contributed by atoms with E-state index in [0.717, 1.165) is 11.1 Å². The molecule has 1 amide bonds. The summed E-state index contributed by atoms with van der Waals surface area (Å²) >= 11 is 0. The Morgan fingerprint density at radius 2 is 1.88 bits per heavy atom. The van der Waals surface area contributed by atoms with Crippen molar-refractivity contribution in [3.63, 3.8) is 0 Å². The highest BCUT2D eigenvalue weighted by Gasteiger charge is 2.34. The van der Waals surface area contributed by atoms with Gasteiger partial charge in [0.05, 0.1) is 6.20 Å². The number of aromatic nitrogens is 1. The summed E-state index contributed by atoms with van der Waals surface area (Å²) in [6.07, 6.45) is 2.10. The van der Waals surface area contributed by atoms with Crippen molar-refractivity contribution in [2.75, 3.05) is 7.05 Å². The van der Waals surface area contributed by atoms with Gasteiger partial charge in [-0.1, -0.05) is 29.8 Å². The maximum atomic E-state index is 12.2. The van der Waals surface area contributed by atoms with Crippen LogP contribution in [0.3, 0.4) is 0 Å². The van der Waals surface area contributed by atoms with Crippen molar-refractivity contribution in [1.82, 2.24) is 9.88 Å². The number of carboxylic acid groups (broad SMARTS) is 1. The van der Waals surface area contributed by atoms with Crippen LogP contribution in [0.5, 0.6) is 0 Å². The van der Waals surface area contributed by atoms with E-state index in [1.54, 1.807) is 6.20 Å². The van der Waals surface area contributed by atoms with Gasteiger partial charge in [0.2, 0.25) is 5.91 Å². The second-order valence-corrected chi connectivity index (χ2v) is 6.30. The van der Waals surface area contributed by atoms with E-state index in [-0.39, 0.29) is 12.3 Å². The van der Waals surface area contributed by atoms with Gasteiger partial charge in [-0.25, -0.2) is 9.78 Å². The number of aryl methyl sites for hydroxylation is 2. The second-order valence-electron chi connectivity index (χ2n) is 6.30. The summed E-state index contributed by atoms with van der Waals surface area (Å²) in [5.41, 5.74) is 0.837. The number of likely N-dealkylation sites (N-methyl/N-ethyl adjacent to an activating group) is 1. The molecule has 0 aliphatic heterocycles. The molecular weight excluding hydrogens is 308 g/mol. The molecule has 0 fully saturated rings. The summed E-state index contributed by atoms with van der Waals surface area (Å²) in [7, 11) is 1.49. The fraction of sp³-hybridized carbons (Fsp3) is 0.389. The third kappa shape index (κ3) is 3.82. The number of carboxylic acids is 1. The average molecular weight is 330 g/mol. The number of hydrogen-bond donors (Lipinski definition) is 1. The Bertz CT molecular complexity index is 732. The first kappa shape index (κ1) is 17.7. The number of hydrogen-bond acceptors (Lipinski definition) is 4.